The molecule has 0 radical (unpaired) electrons. The Morgan fingerprint density at radius 1 is 1.29 bits per heavy atom. The average molecular weight is 310 g/mol. The van der Waals surface area contributed by atoms with Crippen molar-refractivity contribution in [3.63, 3.8) is 0 Å². The predicted octanol–water partition coefficient (Wildman–Crippen LogP) is 3.55. The summed E-state index contributed by atoms with van der Waals surface area (Å²) in [6.07, 6.45) is 3.00. The third-order valence-corrected chi connectivity index (χ3v) is 4.51. The molecule has 1 aromatic rings. The van der Waals surface area contributed by atoms with Gasteiger partial charge in [-0.3, -0.25) is 9.59 Å². The molecule has 2 N–H and O–H groups in total. The molecule has 0 heterocycles. The standard InChI is InChI=1S/C16H20ClNO3/c1-11(12-4-6-13(17)7-5-12)18-14(19)10-16(15(20)21)8-2-3-9-16/h4-7,11H,2-3,8-10H2,1H3,(H,18,19)(H,20,21). The zero-order valence-corrected chi connectivity index (χ0v) is 12.8. The number of hydrogen-bond donors (Lipinski definition) is 2. The Kier molecular flexibility index (Phi) is 4.88. The highest BCUT2D eigenvalue weighted by Crippen LogP contribution is 2.41. The summed E-state index contributed by atoms with van der Waals surface area (Å²) in [6, 6.07) is 7.10. The number of carboxylic acid groups (broad SMARTS) is 1. The van der Waals surface area contributed by atoms with E-state index in [1.807, 2.05) is 19.1 Å². The normalized spacial score (nSPS) is 18.2. The second-order valence-electron chi connectivity index (χ2n) is 5.81. The molecule has 1 aliphatic carbocycles. The molecule has 1 saturated carbocycles. The summed E-state index contributed by atoms with van der Waals surface area (Å²) >= 11 is 5.84. The van der Waals surface area contributed by atoms with Gasteiger partial charge in [-0.1, -0.05) is 36.6 Å². The first-order chi connectivity index (χ1) is 9.93. The van der Waals surface area contributed by atoms with E-state index in [1.165, 1.54) is 0 Å². The van der Waals surface area contributed by atoms with Gasteiger partial charge in [0.1, 0.15) is 0 Å². The summed E-state index contributed by atoms with van der Waals surface area (Å²) in [5.41, 5.74) is 0.0765. The minimum absolute atomic E-state index is 0.0558. The number of carboxylic acids is 1. The van der Waals surface area contributed by atoms with Crippen LogP contribution in [0.4, 0.5) is 0 Å². The summed E-state index contributed by atoms with van der Waals surface area (Å²) in [5, 5.41) is 12.9. The van der Waals surface area contributed by atoms with Gasteiger partial charge in [-0.05, 0) is 37.5 Å². The molecule has 0 aromatic heterocycles. The van der Waals surface area contributed by atoms with Crippen LogP contribution in [0.2, 0.25) is 5.02 Å². The number of amides is 1. The van der Waals surface area contributed by atoms with Crippen molar-refractivity contribution in [2.24, 2.45) is 5.41 Å². The summed E-state index contributed by atoms with van der Waals surface area (Å²) in [7, 11) is 0. The van der Waals surface area contributed by atoms with Gasteiger partial charge < -0.3 is 10.4 Å². The molecule has 0 bridgehead atoms. The molecular weight excluding hydrogens is 290 g/mol. The Labute approximate surface area is 129 Å². The van der Waals surface area contributed by atoms with Crippen LogP contribution in [0.15, 0.2) is 24.3 Å². The highest BCUT2D eigenvalue weighted by Gasteiger charge is 2.43. The van der Waals surface area contributed by atoms with E-state index in [0.717, 1.165) is 18.4 Å². The number of rotatable bonds is 5. The summed E-state index contributed by atoms with van der Waals surface area (Å²) < 4.78 is 0. The second kappa shape index (κ2) is 6.48. The number of benzene rings is 1. The van der Waals surface area contributed by atoms with Gasteiger partial charge in [0.15, 0.2) is 0 Å². The van der Waals surface area contributed by atoms with Crippen molar-refractivity contribution in [3.8, 4) is 0 Å². The number of carbonyl (C=O) groups is 2. The van der Waals surface area contributed by atoms with Gasteiger partial charge in [-0.15, -0.1) is 0 Å². The Morgan fingerprint density at radius 3 is 2.38 bits per heavy atom. The zero-order valence-electron chi connectivity index (χ0n) is 12.1. The summed E-state index contributed by atoms with van der Waals surface area (Å²) in [6.45, 7) is 1.88. The zero-order chi connectivity index (χ0) is 15.5. The molecule has 0 saturated heterocycles. The molecule has 0 aliphatic heterocycles. The lowest BCUT2D eigenvalue weighted by molar-refractivity contribution is -0.151. The van der Waals surface area contributed by atoms with Crippen LogP contribution < -0.4 is 5.32 Å². The number of aliphatic carboxylic acids is 1. The molecule has 1 aromatic carbocycles. The fraction of sp³-hybridized carbons (Fsp3) is 0.500. The maximum atomic E-state index is 12.2. The molecule has 1 unspecified atom stereocenters. The van der Waals surface area contributed by atoms with Crippen LogP contribution in [-0.2, 0) is 9.59 Å². The number of hydrogen-bond acceptors (Lipinski definition) is 2. The number of nitrogens with one attached hydrogen (secondary N) is 1. The van der Waals surface area contributed by atoms with Gasteiger partial charge in [0.2, 0.25) is 5.91 Å². The van der Waals surface area contributed by atoms with Crippen molar-refractivity contribution >= 4 is 23.5 Å². The number of halogens is 1. The van der Waals surface area contributed by atoms with Crippen LogP contribution in [0.1, 0.15) is 50.6 Å². The van der Waals surface area contributed by atoms with Crippen molar-refractivity contribution < 1.29 is 14.7 Å². The molecule has 1 aliphatic rings. The monoisotopic (exact) mass is 309 g/mol. The fourth-order valence-electron chi connectivity index (χ4n) is 2.95. The largest absolute Gasteiger partial charge is 0.481 e. The molecular formula is C16H20ClNO3. The van der Waals surface area contributed by atoms with Gasteiger partial charge in [0, 0.05) is 11.4 Å². The first-order valence-corrected chi connectivity index (χ1v) is 7.59. The summed E-state index contributed by atoms with van der Waals surface area (Å²) in [4.78, 5) is 23.6. The minimum atomic E-state index is -0.871. The second-order valence-corrected chi connectivity index (χ2v) is 6.25. The van der Waals surface area contributed by atoms with Crippen LogP contribution >= 0.6 is 11.6 Å². The van der Waals surface area contributed by atoms with Crippen LogP contribution in [0, 0.1) is 5.41 Å². The van der Waals surface area contributed by atoms with Crippen molar-refractivity contribution in [2.45, 2.75) is 45.1 Å². The van der Waals surface area contributed by atoms with Crippen LogP contribution in [0.3, 0.4) is 0 Å². The molecule has 21 heavy (non-hydrogen) atoms. The van der Waals surface area contributed by atoms with E-state index >= 15 is 0 Å². The first kappa shape index (κ1) is 15.8. The van der Waals surface area contributed by atoms with E-state index in [4.69, 9.17) is 11.6 Å². The molecule has 4 nitrogen and oxygen atoms in total. The Morgan fingerprint density at radius 2 is 1.86 bits per heavy atom. The van der Waals surface area contributed by atoms with Crippen molar-refractivity contribution in [3.05, 3.63) is 34.9 Å². The van der Waals surface area contributed by atoms with E-state index in [9.17, 15) is 14.7 Å². The average Bonchev–Trinajstić information content (AvgIpc) is 2.89. The van der Waals surface area contributed by atoms with Crippen molar-refractivity contribution in [1.82, 2.24) is 5.32 Å². The third-order valence-electron chi connectivity index (χ3n) is 4.26. The highest BCUT2D eigenvalue weighted by molar-refractivity contribution is 6.30. The smallest absolute Gasteiger partial charge is 0.310 e. The molecule has 1 atom stereocenters. The van der Waals surface area contributed by atoms with Gasteiger partial charge in [0.05, 0.1) is 11.5 Å². The molecule has 0 spiro atoms. The third kappa shape index (κ3) is 3.76. The van der Waals surface area contributed by atoms with Gasteiger partial charge in [-0.2, -0.15) is 0 Å². The lowest BCUT2D eigenvalue weighted by Crippen LogP contribution is -2.36. The fourth-order valence-corrected chi connectivity index (χ4v) is 3.08. The molecule has 1 fully saturated rings. The molecule has 2 rings (SSSR count). The molecule has 114 valence electrons. The number of carbonyl (C=O) groups excluding carboxylic acids is 1. The van der Waals surface area contributed by atoms with E-state index in [2.05, 4.69) is 5.32 Å². The molecule has 1 amide bonds. The Balaban J connectivity index is 1.97. The van der Waals surface area contributed by atoms with Crippen LogP contribution in [0.25, 0.3) is 0 Å². The van der Waals surface area contributed by atoms with Crippen molar-refractivity contribution in [2.75, 3.05) is 0 Å². The van der Waals surface area contributed by atoms with Crippen LogP contribution in [-0.4, -0.2) is 17.0 Å². The lowest BCUT2D eigenvalue weighted by Gasteiger charge is -2.24. The topological polar surface area (TPSA) is 66.4 Å². The maximum absolute atomic E-state index is 12.2. The molecule has 5 heteroatoms. The van der Waals surface area contributed by atoms with Crippen molar-refractivity contribution in [1.29, 1.82) is 0 Å². The quantitative estimate of drug-likeness (QED) is 0.874. The summed E-state index contributed by atoms with van der Waals surface area (Å²) in [5.74, 6) is -1.06. The van der Waals surface area contributed by atoms with E-state index in [0.29, 0.717) is 17.9 Å². The lowest BCUT2D eigenvalue weighted by atomic mass is 9.82. The van der Waals surface area contributed by atoms with Gasteiger partial charge in [-0.25, -0.2) is 0 Å². The predicted molar refractivity (Wildman–Crippen MR) is 81.2 cm³/mol. The minimum Gasteiger partial charge on any atom is -0.481 e. The van der Waals surface area contributed by atoms with E-state index in [-0.39, 0.29) is 18.4 Å². The Bertz CT molecular complexity index is 521. The maximum Gasteiger partial charge on any atom is 0.310 e. The van der Waals surface area contributed by atoms with E-state index < -0.39 is 11.4 Å². The van der Waals surface area contributed by atoms with Gasteiger partial charge in [0.25, 0.3) is 0 Å². The SMILES string of the molecule is CC(NC(=O)CC1(C(=O)O)CCCC1)c1ccc(Cl)cc1. The first-order valence-electron chi connectivity index (χ1n) is 7.21. The van der Waals surface area contributed by atoms with E-state index in [1.54, 1.807) is 12.1 Å². The highest BCUT2D eigenvalue weighted by atomic mass is 35.5. The van der Waals surface area contributed by atoms with Crippen LogP contribution in [0.5, 0.6) is 0 Å². The Hall–Kier alpha value is -1.55. The van der Waals surface area contributed by atoms with Gasteiger partial charge >= 0.3 is 5.97 Å².